The highest BCUT2D eigenvalue weighted by atomic mass is 32.1. The van der Waals surface area contributed by atoms with E-state index < -0.39 is 5.97 Å². The molecule has 6 nitrogen and oxygen atoms in total. The maximum absolute atomic E-state index is 11.4. The maximum Gasteiger partial charge on any atom is 0.369 e. The fraction of sp³-hybridized carbons (Fsp3) is 0.727. The Hall–Kier alpha value is -1.21. The zero-order valence-corrected chi connectivity index (χ0v) is 11.2. The number of likely N-dealkylation sites (tertiary alicyclic amines) is 1. The summed E-state index contributed by atoms with van der Waals surface area (Å²) in [4.78, 5) is 13.7. The molecule has 7 heteroatoms. The van der Waals surface area contributed by atoms with E-state index in [0.717, 1.165) is 31.0 Å². The molecule has 1 aromatic heterocycles. The summed E-state index contributed by atoms with van der Waals surface area (Å²) in [6.45, 7) is 5.86. The van der Waals surface area contributed by atoms with Crippen LogP contribution in [0, 0.1) is 0 Å². The Labute approximate surface area is 110 Å². The van der Waals surface area contributed by atoms with E-state index in [9.17, 15) is 4.79 Å². The van der Waals surface area contributed by atoms with Crippen molar-refractivity contribution in [2.75, 3.05) is 32.8 Å². The first kappa shape index (κ1) is 13.2. The van der Waals surface area contributed by atoms with E-state index in [1.807, 2.05) is 0 Å². The molecule has 0 atom stereocenters. The van der Waals surface area contributed by atoms with Crippen LogP contribution in [0.1, 0.15) is 29.6 Å². The third-order valence-electron chi connectivity index (χ3n) is 2.69. The fourth-order valence-corrected chi connectivity index (χ4v) is 2.42. The Kier molecular flexibility index (Phi) is 4.89. The van der Waals surface area contributed by atoms with Crippen LogP contribution in [0.4, 0.5) is 0 Å². The predicted octanol–water partition coefficient (Wildman–Crippen LogP) is 1.19. The van der Waals surface area contributed by atoms with Crippen LogP contribution in [0.25, 0.3) is 0 Å². The summed E-state index contributed by atoms with van der Waals surface area (Å²) >= 11 is 1.13. The zero-order chi connectivity index (χ0) is 12.8. The first-order chi connectivity index (χ1) is 8.79. The molecule has 2 rings (SSSR count). The largest absolute Gasteiger partial charge is 0.468 e. The fourth-order valence-electron chi connectivity index (χ4n) is 1.81. The minimum Gasteiger partial charge on any atom is -0.468 e. The summed E-state index contributed by atoms with van der Waals surface area (Å²) in [5.41, 5.74) is 0. The Morgan fingerprint density at radius 2 is 2.17 bits per heavy atom. The van der Waals surface area contributed by atoms with Gasteiger partial charge in [-0.1, -0.05) is 5.10 Å². The number of rotatable bonds is 6. The number of carbonyl (C=O) groups is 1. The quantitative estimate of drug-likeness (QED) is 0.724. The van der Waals surface area contributed by atoms with Crippen molar-refractivity contribution in [1.82, 2.24) is 15.1 Å². The Bertz CT molecular complexity index is 391. The molecule has 0 spiro atoms. The van der Waals surface area contributed by atoms with E-state index in [1.54, 1.807) is 6.92 Å². The van der Waals surface area contributed by atoms with E-state index in [0.29, 0.717) is 18.4 Å². The van der Waals surface area contributed by atoms with Gasteiger partial charge >= 0.3 is 5.97 Å². The van der Waals surface area contributed by atoms with Crippen LogP contribution >= 0.6 is 11.3 Å². The summed E-state index contributed by atoms with van der Waals surface area (Å²) in [7, 11) is 0. The molecule has 0 saturated carbocycles. The normalized spacial score (nSPS) is 15.8. The number of aromatic nitrogens is 2. The summed E-state index contributed by atoms with van der Waals surface area (Å²) in [5.74, 6) is -0.440. The predicted molar refractivity (Wildman–Crippen MR) is 67.0 cm³/mol. The van der Waals surface area contributed by atoms with Crippen molar-refractivity contribution >= 4 is 17.3 Å². The van der Waals surface area contributed by atoms with Gasteiger partial charge in [-0.25, -0.2) is 4.79 Å². The molecule has 0 radical (unpaired) electrons. The first-order valence-corrected chi connectivity index (χ1v) is 6.97. The standard InChI is InChI=1S/C11H17N3O3S/c1-2-16-10(15)9-12-13-11(18-9)17-8-7-14-5-3-4-6-14/h2-8H2,1H3. The topological polar surface area (TPSA) is 64.5 Å². The molecule has 0 aliphatic carbocycles. The molecule has 0 amide bonds. The van der Waals surface area contributed by atoms with Crippen LogP contribution in [0.3, 0.4) is 0 Å². The molecule has 1 aliphatic heterocycles. The monoisotopic (exact) mass is 271 g/mol. The van der Waals surface area contributed by atoms with Gasteiger partial charge in [-0.05, 0) is 44.2 Å². The van der Waals surface area contributed by atoms with Crippen molar-refractivity contribution < 1.29 is 14.3 Å². The van der Waals surface area contributed by atoms with Crippen molar-refractivity contribution in [3.8, 4) is 5.19 Å². The van der Waals surface area contributed by atoms with Gasteiger partial charge in [0.1, 0.15) is 6.61 Å². The van der Waals surface area contributed by atoms with Crippen LogP contribution in [0.5, 0.6) is 5.19 Å². The van der Waals surface area contributed by atoms with E-state index in [1.165, 1.54) is 12.8 Å². The van der Waals surface area contributed by atoms with Crippen molar-refractivity contribution in [2.24, 2.45) is 0 Å². The average Bonchev–Trinajstić information content (AvgIpc) is 3.00. The van der Waals surface area contributed by atoms with Gasteiger partial charge in [-0.2, -0.15) is 0 Å². The van der Waals surface area contributed by atoms with Crippen molar-refractivity contribution in [1.29, 1.82) is 0 Å². The smallest absolute Gasteiger partial charge is 0.369 e. The Morgan fingerprint density at radius 3 is 2.89 bits per heavy atom. The van der Waals surface area contributed by atoms with Crippen LogP contribution in [-0.4, -0.2) is 53.9 Å². The van der Waals surface area contributed by atoms with Gasteiger partial charge in [0.05, 0.1) is 6.61 Å². The molecule has 1 fully saturated rings. The van der Waals surface area contributed by atoms with E-state index in [4.69, 9.17) is 9.47 Å². The van der Waals surface area contributed by atoms with E-state index in [2.05, 4.69) is 15.1 Å². The summed E-state index contributed by atoms with van der Waals surface area (Å²) in [6, 6.07) is 0. The molecule has 1 aromatic rings. The van der Waals surface area contributed by atoms with Gasteiger partial charge in [0.15, 0.2) is 0 Å². The number of esters is 1. The van der Waals surface area contributed by atoms with E-state index in [-0.39, 0.29) is 5.01 Å². The molecule has 0 N–H and O–H groups in total. The van der Waals surface area contributed by atoms with Crippen LogP contribution < -0.4 is 4.74 Å². The lowest BCUT2D eigenvalue weighted by Crippen LogP contribution is -2.25. The lowest BCUT2D eigenvalue weighted by molar-refractivity contribution is 0.0525. The molecule has 0 unspecified atom stereocenters. The molecule has 0 aromatic carbocycles. The lowest BCUT2D eigenvalue weighted by atomic mass is 10.4. The van der Waals surface area contributed by atoms with Crippen LogP contribution in [0.15, 0.2) is 0 Å². The molecular formula is C11H17N3O3S. The second kappa shape index (κ2) is 6.65. The van der Waals surface area contributed by atoms with Gasteiger partial charge in [-0.3, -0.25) is 4.90 Å². The van der Waals surface area contributed by atoms with Crippen LogP contribution in [-0.2, 0) is 4.74 Å². The number of nitrogens with zero attached hydrogens (tertiary/aromatic N) is 3. The van der Waals surface area contributed by atoms with Gasteiger partial charge < -0.3 is 9.47 Å². The third kappa shape index (κ3) is 3.64. The van der Waals surface area contributed by atoms with Gasteiger partial charge in [-0.15, -0.1) is 5.10 Å². The van der Waals surface area contributed by atoms with Gasteiger partial charge in [0, 0.05) is 6.54 Å². The second-order valence-corrected chi connectivity index (χ2v) is 4.93. The molecule has 0 bridgehead atoms. The molecule has 1 aliphatic rings. The minimum absolute atomic E-state index is 0.244. The van der Waals surface area contributed by atoms with Crippen molar-refractivity contribution in [3.63, 3.8) is 0 Å². The molecule has 1 saturated heterocycles. The number of hydrogen-bond donors (Lipinski definition) is 0. The van der Waals surface area contributed by atoms with Crippen molar-refractivity contribution in [2.45, 2.75) is 19.8 Å². The minimum atomic E-state index is -0.440. The number of ether oxygens (including phenoxy) is 2. The SMILES string of the molecule is CCOC(=O)c1nnc(OCCN2CCCC2)s1. The van der Waals surface area contributed by atoms with Crippen molar-refractivity contribution in [3.05, 3.63) is 5.01 Å². The van der Waals surface area contributed by atoms with Crippen LogP contribution in [0.2, 0.25) is 0 Å². The highest BCUT2D eigenvalue weighted by molar-refractivity contribution is 7.14. The second-order valence-electron chi connectivity index (χ2n) is 3.99. The highest BCUT2D eigenvalue weighted by Crippen LogP contribution is 2.18. The molecule has 18 heavy (non-hydrogen) atoms. The Morgan fingerprint density at radius 1 is 1.39 bits per heavy atom. The Balaban J connectivity index is 1.74. The van der Waals surface area contributed by atoms with Gasteiger partial charge in [0.2, 0.25) is 5.01 Å². The van der Waals surface area contributed by atoms with E-state index >= 15 is 0 Å². The third-order valence-corrected chi connectivity index (χ3v) is 3.50. The number of carbonyl (C=O) groups excluding carboxylic acids is 1. The lowest BCUT2D eigenvalue weighted by Gasteiger charge is -2.13. The summed E-state index contributed by atoms with van der Waals surface area (Å²) < 4.78 is 10.3. The first-order valence-electron chi connectivity index (χ1n) is 6.15. The van der Waals surface area contributed by atoms with Gasteiger partial charge in [0.25, 0.3) is 5.19 Å². The average molecular weight is 271 g/mol. The number of hydrogen-bond acceptors (Lipinski definition) is 7. The summed E-state index contributed by atoms with van der Waals surface area (Å²) in [6.07, 6.45) is 2.54. The maximum atomic E-state index is 11.4. The zero-order valence-electron chi connectivity index (χ0n) is 10.4. The highest BCUT2D eigenvalue weighted by Gasteiger charge is 2.15. The molecule has 100 valence electrons. The summed E-state index contributed by atoms with van der Waals surface area (Å²) in [5, 5.41) is 8.22. The molecular weight excluding hydrogens is 254 g/mol. The molecule has 2 heterocycles.